The number of carbonyl (C=O) groups is 2. The van der Waals surface area contributed by atoms with Crippen LogP contribution >= 0.6 is 12.4 Å². The van der Waals surface area contributed by atoms with E-state index >= 15 is 0 Å². The van der Waals surface area contributed by atoms with Crippen molar-refractivity contribution in [3.05, 3.63) is 83.9 Å². The maximum atomic E-state index is 12.2. The first-order valence-corrected chi connectivity index (χ1v) is 14.0. The number of hydrogen-bond donors (Lipinski definition) is 4. The minimum atomic E-state index is -0.202. The summed E-state index contributed by atoms with van der Waals surface area (Å²) in [5.74, 6) is 2.88. The van der Waals surface area contributed by atoms with Gasteiger partial charge in [-0.1, -0.05) is 12.1 Å². The third-order valence-corrected chi connectivity index (χ3v) is 5.91. The maximum Gasteiger partial charge on any atom is 0.261 e. The van der Waals surface area contributed by atoms with Crippen molar-refractivity contribution >= 4 is 24.2 Å². The van der Waals surface area contributed by atoms with E-state index < -0.39 is 0 Å². The molecule has 0 radical (unpaired) electrons. The van der Waals surface area contributed by atoms with Crippen molar-refractivity contribution in [2.45, 2.75) is 32.6 Å². The Morgan fingerprint density at radius 1 is 0.705 bits per heavy atom. The smallest absolute Gasteiger partial charge is 0.261 e. The Hall–Kier alpha value is -4.19. The molecule has 11 nitrogen and oxygen atoms in total. The van der Waals surface area contributed by atoms with E-state index in [9.17, 15) is 9.59 Å². The number of aliphatic hydroxyl groups is 1. The van der Waals surface area contributed by atoms with E-state index in [1.165, 1.54) is 4.90 Å². The van der Waals surface area contributed by atoms with Crippen LogP contribution in [0.1, 0.15) is 54.7 Å². The molecule has 0 bridgehead atoms. The third-order valence-electron chi connectivity index (χ3n) is 5.91. The molecule has 3 aromatic carbocycles. The molecular formula is C32H47ClN4O7. The van der Waals surface area contributed by atoms with Gasteiger partial charge in [0.2, 0.25) is 0 Å². The highest BCUT2D eigenvalue weighted by molar-refractivity contribution is 6.21. The second kappa shape index (κ2) is 24.3. The molecule has 244 valence electrons. The summed E-state index contributed by atoms with van der Waals surface area (Å²) >= 11 is 0. The van der Waals surface area contributed by atoms with E-state index in [4.69, 9.17) is 40.8 Å². The zero-order chi connectivity index (χ0) is 31.9. The second-order valence-corrected chi connectivity index (χ2v) is 8.87. The minimum Gasteiger partial charge on any atom is -0.497 e. The number of benzene rings is 3. The first-order chi connectivity index (χ1) is 21.0. The Labute approximate surface area is 267 Å². The summed E-state index contributed by atoms with van der Waals surface area (Å²) in [5.41, 5.74) is 16.4. The number of ether oxygens (including phenoxy) is 4. The van der Waals surface area contributed by atoms with Crippen molar-refractivity contribution in [1.29, 1.82) is 11.1 Å². The normalized spacial score (nSPS) is 10.8. The van der Waals surface area contributed by atoms with Crippen LogP contribution in [0.4, 0.5) is 0 Å². The van der Waals surface area contributed by atoms with Gasteiger partial charge < -0.3 is 29.8 Å². The fourth-order valence-electron chi connectivity index (χ4n) is 3.78. The molecule has 2 amide bonds. The van der Waals surface area contributed by atoms with Crippen LogP contribution in [-0.4, -0.2) is 69.0 Å². The van der Waals surface area contributed by atoms with Gasteiger partial charge in [-0.2, -0.15) is 0 Å². The summed E-state index contributed by atoms with van der Waals surface area (Å²) < 4.78 is 21.3. The Kier molecular flexibility index (Phi) is 22.0. The number of amides is 2. The van der Waals surface area contributed by atoms with Gasteiger partial charge in [0.15, 0.2) is 0 Å². The molecule has 0 spiro atoms. The van der Waals surface area contributed by atoms with Gasteiger partial charge >= 0.3 is 0 Å². The lowest BCUT2D eigenvalue weighted by Gasteiger charge is -2.13. The zero-order valence-corrected chi connectivity index (χ0v) is 26.4. The summed E-state index contributed by atoms with van der Waals surface area (Å²) in [5, 5.41) is 7.57. The number of nitrogens with two attached hydrogens (primary N) is 1. The average Bonchev–Trinajstić information content (AvgIpc) is 3.30. The van der Waals surface area contributed by atoms with Crippen molar-refractivity contribution in [3.8, 4) is 23.0 Å². The molecule has 0 aliphatic carbocycles. The lowest BCUT2D eigenvalue weighted by atomic mass is 10.1. The highest BCUT2D eigenvalue weighted by Crippen LogP contribution is 2.23. The third kappa shape index (κ3) is 13.9. The number of unbranched alkanes of at least 4 members (excludes halogenated alkanes) is 2. The van der Waals surface area contributed by atoms with Crippen LogP contribution < -0.4 is 24.7 Å². The predicted octanol–water partition coefficient (Wildman–Crippen LogP) is 6.23. The van der Waals surface area contributed by atoms with Gasteiger partial charge in [-0.05, 0) is 99.8 Å². The van der Waals surface area contributed by atoms with Crippen molar-refractivity contribution in [1.82, 2.24) is 4.90 Å². The van der Waals surface area contributed by atoms with E-state index in [2.05, 4.69) is 0 Å². The Morgan fingerprint density at radius 3 is 1.43 bits per heavy atom. The number of nitrogens with zero attached hydrogens (tertiary/aromatic N) is 1. The van der Waals surface area contributed by atoms with Crippen molar-refractivity contribution in [2.24, 2.45) is 5.73 Å². The average molecular weight is 635 g/mol. The molecule has 0 unspecified atom stereocenters. The Bertz CT molecular complexity index is 1170. The fourth-order valence-corrected chi connectivity index (χ4v) is 3.78. The lowest BCUT2D eigenvalue weighted by Crippen LogP contribution is -2.30. The number of nitrogens with one attached hydrogen (secondary N) is 2. The standard InChI is InChI=1S/C19H19NO4.C11H17NO2.C2H6O.ClH.H2N2.H2/c1-23-14-8-10-15(11-9-14)24-13-5-4-12-20-18(21)16-6-2-3-7-17(16)19(20)22;1-13-10-4-6-11(7-5-10)14-9-3-2-8-12;1-2-3;;1-2;/h2-3,6-11H,4-5,12-13H2,1H3;4-7H,2-3,8-9,12H2,1H3;3H,2H2,1H3;1H;1-2H;1H. The van der Waals surface area contributed by atoms with E-state index in [1.54, 1.807) is 45.4 Å². The number of methoxy groups -OCH3 is 2. The van der Waals surface area contributed by atoms with E-state index in [-0.39, 0.29) is 32.3 Å². The van der Waals surface area contributed by atoms with Crippen LogP contribution in [0.15, 0.2) is 72.8 Å². The molecule has 0 aromatic heterocycles. The van der Waals surface area contributed by atoms with Gasteiger partial charge in [0.25, 0.3) is 11.8 Å². The van der Waals surface area contributed by atoms with Crippen LogP contribution in [-0.2, 0) is 0 Å². The summed E-state index contributed by atoms with van der Waals surface area (Å²) in [6.45, 7) is 4.34. The van der Waals surface area contributed by atoms with E-state index in [0.717, 1.165) is 55.4 Å². The first-order valence-electron chi connectivity index (χ1n) is 14.0. The number of fused-ring (bicyclic) bond motifs is 1. The molecule has 1 heterocycles. The van der Waals surface area contributed by atoms with Gasteiger partial charge in [0.1, 0.15) is 23.0 Å². The Morgan fingerprint density at radius 2 is 1.07 bits per heavy atom. The van der Waals surface area contributed by atoms with Crippen LogP contribution in [0.5, 0.6) is 23.0 Å². The molecule has 44 heavy (non-hydrogen) atoms. The maximum absolute atomic E-state index is 12.2. The van der Waals surface area contributed by atoms with Crippen LogP contribution in [0.2, 0.25) is 0 Å². The van der Waals surface area contributed by atoms with Crippen LogP contribution in [0.3, 0.4) is 0 Å². The number of imide groups is 1. The van der Waals surface area contributed by atoms with Crippen molar-refractivity contribution in [3.63, 3.8) is 0 Å². The van der Waals surface area contributed by atoms with E-state index in [0.29, 0.717) is 30.7 Å². The number of halogens is 1. The van der Waals surface area contributed by atoms with Crippen LogP contribution in [0, 0.1) is 11.1 Å². The number of hydrogen-bond acceptors (Lipinski definition) is 10. The van der Waals surface area contributed by atoms with Crippen molar-refractivity contribution in [2.75, 3.05) is 47.1 Å². The molecule has 5 N–H and O–H groups in total. The monoisotopic (exact) mass is 634 g/mol. The largest absolute Gasteiger partial charge is 0.497 e. The topological polar surface area (TPSA) is 168 Å². The molecule has 1 aliphatic heterocycles. The molecule has 3 aromatic rings. The Balaban J connectivity index is 0. The zero-order valence-electron chi connectivity index (χ0n) is 25.6. The molecule has 0 saturated carbocycles. The molecule has 0 saturated heterocycles. The fraction of sp³-hybridized carbons (Fsp3) is 0.375. The molecule has 12 heteroatoms. The lowest BCUT2D eigenvalue weighted by molar-refractivity contribution is 0.0649. The van der Waals surface area contributed by atoms with Gasteiger partial charge in [-0.15, -0.1) is 12.4 Å². The quantitative estimate of drug-likeness (QED) is 0.0975. The number of carbonyl (C=O) groups excluding carboxylic acids is 2. The number of rotatable bonds is 13. The van der Waals surface area contributed by atoms with Crippen molar-refractivity contribution < 1.29 is 35.1 Å². The molecule has 4 rings (SSSR count). The highest BCUT2D eigenvalue weighted by atomic mass is 35.5. The predicted molar refractivity (Wildman–Crippen MR) is 174 cm³/mol. The molecule has 0 atom stereocenters. The summed E-state index contributed by atoms with van der Waals surface area (Å²) in [6, 6.07) is 21.9. The second-order valence-electron chi connectivity index (χ2n) is 8.87. The summed E-state index contributed by atoms with van der Waals surface area (Å²) in [7, 11) is 3.27. The van der Waals surface area contributed by atoms with Gasteiger partial charge in [0, 0.05) is 14.6 Å². The van der Waals surface area contributed by atoms with Gasteiger partial charge in [0.05, 0.1) is 38.6 Å². The molecule has 0 fully saturated rings. The highest BCUT2D eigenvalue weighted by Gasteiger charge is 2.34. The van der Waals surface area contributed by atoms with Crippen LogP contribution in [0.25, 0.3) is 0 Å². The summed E-state index contributed by atoms with van der Waals surface area (Å²) in [6.07, 6.45) is 3.49. The van der Waals surface area contributed by atoms with E-state index in [1.807, 2.05) is 48.5 Å². The molecular weight excluding hydrogens is 588 g/mol. The number of aliphatic hydroxyl groups excluding tert-OH is 1. The SMILES string of the molecule is CCO.COc1ccc(OCCCCN)cc1.COc1ccc(OCCCCN2C(=O)c3ccccc3C2=O)cc1.Cl.N=N.[HH]. The van der Waals surface area contributed by atoms with Gasteiger partial charge in [-0.25, -0.2) is 11.1 Å². The molecule has 1 aliphatic rings. The minimum absolute atomic E-state index is 0. The summed E-state index contributed by atoms with van der Waals surface area (Å²) in [4.78, 5) is 25.7. The first kappa shape index (κ1) is 39.8. The van der Waals surface area contributed by atoms with Gasteiger partial charge in [-0.3, -0.25) is 14.5 Å².